The molecule has 3 heteroatoms. The minimum Gasteiger partial charge on any atom is -0.463 e. The minimum absolute atomic E-state index is 0.337. The Bertz CT molecular complexity index is 798. The second-order valence-corrected chi connectivity index (χ2v) is 5.51. The largest absolute Gasteiger partial charge is 0.463 e. The van der Waals surface area contributed by atoms with Crippen molar-refractivity contribution in [3.63, 3.8) is 0 Å². The van der Waals surface area contributed by atoms with Crippen molar-refractivity contribution >= 4 is 17.6 Å². The van der Waals surface area contributed by atoms with Crippen LogP contribution in [0.25, 0.3) is 11.6 Å². The predicted molar refractivity (Wildman–Crippen MR) is 95.5 cm³/mol. The number of allylic oxidation sites excluding steroid dienone is 1. The monoisotopic (exact) mass is 320 g/mol. The summed E-state index contributed by atoms with van der Waals surface area (Å²) in [6, 6.07) is 16.1. The Balaban J connectivity index is 2.05. The highest BCUT2D eigenvalue weighted by molar-refractivity contribution is 5.97. The van der Waals surface area contributed by atoms with Crippen LogP contribution in [0.3, 0.4) is 0 Å². The summed E-state index contributed by atoms with van der Waals surface area (Å²) in [5.74, 6) is 0.848. The zero-order valence-corrected chi connectivity index (χ0v) is 13.9. The molecular formula is C21H20O3. The molecule has 0 bridgehead atoms. The Morgan fingerprint density at radius 3 is 2.54 bits per heavy atom. The van der Waals surface area contributed by atoms with Crippen LogP contribution >= 0.6 is 0 Å². The molecule has 1 aliphatic rings. The zero-order valence-electron chi connectivity index (χ0n) is 13.9. The molecule has 0 N–H and O–H groups in total. The molecule has 0 atom stereocenters. The molecule has 2 aromatic carbocycles. The molecule has 3 rings (SSSR count). The van der Waals surface area contributed by atoms with Crippen molar-refractivity contribution < 1.29 is 14.3 Å². The number of hydrogen-bond donors (Lipinski definition) is 0. The van der Waals surface area contributed by atoms with Gasteiger partial charge in [-0.05, 0) is 36.6 Å². The average Bonchev–Trinajstić information content (AvgIpc) is 2.61. The first-order valence-corrected chi connectivity index (χ1v) is 8.18. The molecule has 1 aliphatic heterocycles. The highest BCUT2D eigenvalue weighted by atomic mass is 16.5. The number of hydrogen-bond acceptors (Lipinski definition) is 3. The minimum atomic E-state index is -0.400. The maximum absolute atomic E-state index is 11.9. The van der Waals surface area contributed by atoms with E-state index in [9.17, 15) is 4.79 Å². The summed E-state index contributed by atoms with van der Waals surface area (Å²) < 4.78 is 11.0. The van der Waals surface area contributed by atoms with E-state index in [1.165, 1.54) is 11.6 Å². The van der Waals surface area contributed by atoms with Crippen molar-refractivity contribution in [2.24, 2.45) is 0 Å². The van der Waals surface area contributed by atoms with Gasteiger partial charge in [0.05, 0.1) is 12.7 Å². The van der Waals surface area contributed by atoms with Gasteiger partial charge in [0.15, 0.2) is 0 Å². The lowest BCUT2D eigenvalue weighted by molar-refractivity contribution is -0.137. The first-order valence-electron chi connectivity index (χ1n) is 8.18. The molecule has 0 unspecified atom stereocenters. The summed E-state index contributed by atoms with van der Waals surface area (Å²) in [5.41, 5.74) is 4.15. The Labute approximate surface area is 142 Å². The van der Waals surface area contributed by atoms with Crippen LogP contribution in [-0.4, -0.2) is 12.6 Å². The molecule has 3 nitrogen and oxygen atoms in total. The highest BCUT2D eigenvalue weighted by Gasteiger charge is 2.19. The van der Waals surface area contributed by atoms with E-state index >= 15 is 0 Å². The van der Waals surface area contributed by atoms with E-state index in [0.717, 1.165) is 28.9 Å². The number of carbonyl (C=O) groups is 1. The Morgan fingerprint density at radius 2 is 1.83 bits per heavy atom. The molecule has 0 saturated heterocycles. The van der Waals surface area contributed by atoms with Crippen LogP contribution in [-0.2, 0) is 16.0 Å². The van der Waals surface area contributed by atoms with Crippen LogP contribution in [0, 0.1) is 0 Å². The molecule has 24 heavy (non-hydrogen) atoms. The summed E-state index contributed by atoms with van der Waals surface area (Å²) >= 11 is 0. The van der Waals surface area contributed by atoms with E-state index in [4.69, 9.17) is 9.47 Å². The van der Waals surface area contributed by atoms with Gasteiger partial charge < -0.3 is 9.47 Å². The van der Waals surface area contributed by atoms with Gasteiger partial charge in [0, 0.05) is 11.1 Å². The molecule has 0 amide bonds. The molecule has 0 fully saturated rings. The number of rotatable bonds is 4. The predicted octanol–water partition coefficient (Wildman–Crippen LogP) is 4.63. The number of aryl methyl sites for hydroxylation is 1. The summed E-state index contributed by atoms with van der Waals surface area (Å²) in [4.78, 5) is 11.9. The van der Waals surface area contributed by atoms with E-state index in [1.54, 1.807) is 6.92 Å². The van der Waals surface area contributed by atoms with E-state index < -0.39 is 5.97 Å². The van der Waals surface area contributed by atoms with Gasteiger partial charge in [0.1, 0.15) is 11.5 Å². The summed E-state index contributed by atoms with van der Waals surface area (Å²) in [6.07, 6.45) is 4.45. The lowest BCUT2D eigenvalue weighted by Crippen LogP contribution is -2.09. The molecule has 0 saturated carbocycles. The Morgan fingerprint density at radius 1 is 1.08 bits per heavy atom. The lowest BCUT2D eigenvalue weighted by atomic mass is 9.97. The topological polar surface area (TPSA) is 35.5 Å². The first-order chi connectivity index (χ1) is 11.7. The van der Waals surface area contributed by atoms with E-state index in [2.05, 4.69) is 31.2 Å². The third kappa shape index (κ3) is 3.40. The third-order valence-corrected chi connectivity index (χ3v) is 3.91. The SMILES string of the molecule is CCOC(=O)/C=C1\Oc2ccccc2C=C1c1ccc(CC)cc1. The van der Waals surface area contributed by atoms with Crippen molar-refractivity contribution in [2.75, 3.05) is 6.61 Å². The molecule has 0 aromatic heterocycles. The number of para-hydroxylation sites is 1. The lowest BCUT2D eigenvalue weighted by Gasteiger charge is -2.21. The zero-order chi connectivity index (χ0) is 16.9. The highest BCUT2D eigenvalue weighted by Crippen LogP contribution is 2.36. The van der Waals surface area contributed by atoms with Crippen LogP contribution in [0.2, 0.25) is 0 Å². The molecule has 0 radical (unpaired) electrons. The van der Waals surface area contributed by atoms with Gasteiger partial charge in [0.2, 0.25) is 0 Å². The normalized spacial score (nSPS) is 14.6. The van der Waals surface area contributed by atoms with Gasteiger partial charge >= 0.3 is 5.97 Å². The van der Waals surface area contributed by atoms with Gasteiger partial charge in [-0.2, -0.15) is 0 Å². The van der Waals surface area contributed by atoms with Crippen LogP contribution in [0.1, 0.15) is 30.5 Å². The van der Waals surface area contributed by atoms with Crippen LogP contribution in [0.5, 0.6) is 5.75 Å². The number of esters is 1. The fourth-order valence-corrected chi connectivity index (χ4v) is 2.64. The van der Waals surface area contributed by atoms with E-state index in [1.807, 2.05) is 30.3 Å². The molecular weight excluding hydrogens is 300 g/mol. The number of carbonyl (C=O) groups excluding carboxylic acids is 1. The van der Waals surface area contributed by atoms with Crippen molar-refractivity contribution in [1.29, 1.82) is 0 Å². The quantitative estimate of drug-likeness (QED) is 0.608. The van der Waals surface area contributed by atoms with Crippen LogP contribution in [0.15, 0.2) is 60.4 Å². The molecule has 1 heterocycles. The average molecular weight is 320 g/mol. The second kappa shape index (κ2) is 7.18. The second-order valence-electron chi connectivity index (χ2n) is 5.51. The van der Waals surface area contributed by atoms with Crippen molar-refractivity contribution in [1.82, 2.24) is 0 Å². The molecule has 0 spiro atoms. The van der Waals surface area contributed by atoms with Gasteiger partial charge in [-0.15, -0.1) is 0 Å². The fraction of sp³-hybridized carbons (Fsp3) is 0.190. The van der Waals surface area contributed by atoms with Gasteiger partial charge in [0.25, 0.3) is 0 Å². The summed E-state index contributed by atoms with van der Waals surface area (Å²) in [7, 11) is 0. The van der Waals surface area contributed by atoms with Crippen molar-refractivity contribution in [2.45, 2.75) is 20.3 Å². The Hall–Kier alpha value is -2.81. The van der Waals surface area contributed by atoms with Crippen molar-refractivity contribution in [3.8, 4) is 5.75 Å². The summed E-state index contributed by atoms with van der Waals surface area (Å²) in [6.45, 7) is 4.25. The number of benzene rings is 2. The first kappa shape index (κ1) is 16.1. The smallest absolute Gasteiger partial charge is 0.334 e. The summed E-state index contributed by atoms with van der Waals surface area (Å²) in [5, 5.41) is 0. The molecule has 0 aliphatic carbocycles. The number of fused-ring (bicyclic) bond motifs is 1. The number of ether oxygens (including phenoxy) is 2. The third-order valence-electron chi connectivity index (χ3n) is 3.91. The molecule has 2 aromatic rings. The van der Waals surface area contributed by atoms with Gasteiger partial charge in [-0.3, -0.25) is 0 Å². The van der Waals surface area contributed by atoms with Crippen molar-refractivity contribution in [3.05, 3.63) is 77.1 Å². The van der Waals surface area contributed by atoms with Gasteiger partial charge in [-0.25, -0.2) is 4.79 Å². The van der Waals surface area contributed by atoms with Crippen LogP contribution in [0.4, 0.5) is 0 Å². The maximum atomic E-state index is 11.9. The standard InChI is InChI=1S/C21H20O3/c1-3-15-9-11-16(12-10-15)18-13-17-7-5-6-8-19(17)24-20(18)14-21(22)23-4-2/h5-14H,3-4H2,1-2H3/b20-14-. The maximum Gasteiger partial charge on any atom is 0.334 e. The fourth-order valence-electron chi connectivity index (χ4n) is 2.64. The van der Waals surface area contributed by atoms with E-state index in [0.29, 0.717) is 12.4 Å². The molecule has 122 valence electrons. The van der Waals surface area contributed by atoms with Gasteiger partial charge in [-0.1, -0.05) is 49.4 Å². The Kier molecular flexibility index (Phi) is 4.80. The van der Waals surface area contributed by atoms with Crippen LogP contribution < -0.4 is 4.74 Å². The van der Waals surface area contributed by atoms with E-state index in [-0.39, 0.29) is 0 Å².